The summed E-state index contributed by atoms with van der Waals surface area (Å²) in [6.45, 7) is 4.63. The summed E-state index contributed by atoms with van der Waals surface area (Å²) >= 11 is 0. The number of unbranched alkanes of at least 4 members (excludes halogenated alkanes) is 7. The lowest BCUT2D eigenvalue weighted by Crippen LogP contribution is -1.91. The third-order valence-corrected chi connectivity index (χ3v) is 3.96. The second kappa shape index (κ2) is 14.6. The summed E-state index contributed by atoms with van der Waals surface area (Å²) in [6, 6.07) is 0. The fourth-order valence-electron chi connectivity index (χ4n) is 2.29. The molecule has 0 radical (unpaired) electrons. The molecule has 0 saturated heterocycles. The second-order valence-electron chi connectivity index (χ2n) is 5.97. The Labute approximate surface area is 125 Å². The van der Waals surface area contributed by atoms with Gasteiger partial charge in [0.05, 0.1) is 0 Å². The number of carbonyl (C=O) groups is 1. The Hall–Kier alpha value is -0.790. The molecular weight excluding hydrogens is 248 g/mol. The number of carboxylic acid groups (broad SMARTS) is 1. The van der Waals surface area contributed by atoms with E-state index in [-0.39, 0.29) is 6.42 Å². The van der Waals surface area contributed by atoms with Crippen molar-refractivity contribution in [2.24, 2.45) is 5.92 Å². The van der Waals surface area contributed by atoms with Crippen LogP contribution in [0.4, 0.5) is 0 Å². The van der Waals surface area contributed by atoms with Gasteiger partial charge < -0.3 is 5.11 Å². The lowest BCUT2D eigenvalue weighted by atomic mass is 9.99. The molecule has 0 amide bonds. The highest BCUT2D eigenvalue weighted by Crippen LogP contribution is 2.14. The molecular formula is C18H34O2. The maximum Gasteiger partial charge on any atom is 0.303 e. The van der Waals surface area contributed by atoms with Crippen molar-refractivity contribution in [3.05, 3.63) is 12.2 Å². The topological polar surface area (TPSA) is 37.3 Å². The summed E-state index contributed by atoms with van der Waals surface area (Å²) < 4.78 is 0. The Morgan fingerprint density at radius 3 is 2.10 bits per heavy atom. The second-order valence-corrected chi connectivity index (χ2v) is 5.97. The van der Waals surface area contributed by atoms with Crippen LogP contribution in [-0.2, 0) is 4.79 Å². The summed E-state index contributed by atoms with van der Waals surface area (Å²) in [6.07, 6.45) is 18.4. The highest BCUT2D eigenvalue weighted by Gasteiger charge is 1.98. The Balaban J connectivity index is 3.11. The predicted octanol–water partition coefficient (Wildman–Crippen LogP) is 5.96. The molecule has 118 valence electrons. The van der Waals surface area contributed by atoms with E-state index in [1.807, 2.05) is 6.08 Å². The molecule has 0 rings (SSSR count). The number of hydrogen-bond acceptors (Lipinski definition) is 1. The number of hydrogen-bond donors (Lipinski definition) is 1. The maximum atomic E-state index is 10.3. The van der Waals surface area contributed by atoms with Gasteiger partial charge in [-0.1, -0.05) is 77.4 Å². The van der Waals surface area contributed by atoms with E-state index in [1.54, 1.807) is 0 Å². The first-order valence-corrected chi connectivity index (χ1v) is 8.53. The molecule has 0 aromatic rings. The quantitative estimate of drug-likeness (QED) is 0.315. The van der Waals surface area contributed by atoms with Crippen LogP contribution in [0.2, 0.25) is 0 Å². The molecule has 0 aliphatic heterocycles. The third-order valence-electron chi connectivity index (χ3n) is 3.96. The molecule has 2 nitrogen and oxygen atoms in total. The van der Waals surface area contributed by atoms with Gasteiger partial charge in [-0.2, -0.15) is 0 Å². The predicted molar refractivity (Wildman–Crippen MR) is 87.0 cm³/mol. The number of carboxylic acids is 1. The lowest BCUT2D eigenvalue weighted by molar-refractivity contribution is -0.136. The largest absolute Gasteiger partial charge is 0.481 e. The van der Waals surface area contributed by atoms with Crippen molar-refractivity contribution in [2.45, 2.75) is 90.9 Å². The summed E-state index contributed by atoms with van der Waals surface area (Å²) in [4.78, 5) is 10.3. The highest BCUT2D eigenvalue weighted by molar-refractivity contribution is 5.66. The Bertz CT molecular complexity index is 246. The number of allylic oxidation sites excluding steroid dienone is 2. The summed E-state index contributed by atoms with van der Waals surface area (Å²) in [5, 5.41) is 8.49. The molecule has 1 atom stereocenters. The van der Waals surface area contributed by atoms with Crippen molar-refractivity contribution in [2.75, 3.05) is 0 Å². The first-order valence-electron chi connectivity index (χ1n) is 8.53. The van der Waals surface area contributed by atoms with E-state index in [2.05, 4.69) is 19.9 Å². The van der Waals surface area contributed by atoms with Gasteiger partial charge in [-0.25, -0.2) is 0 Å². The first kappa shape index (κ1) is 19.2. The van der Waals surface area contributed by atoms with E-state index in [0.717, 1.165) is 12.3 Å². The Morgan fingerprint density at radius 1 is 0.950 bits per heavy atom. The fourth-order valence-corrected chi connectivity index (χ4v) is 2.29. The zero-order valence-corrected chi connectivity index (χ0v) is 13.6. The average Bonchev–Trinajstić information content (AvgIpc) is 2.43. The van der Waals surface area contributed by atoms with Crippen molar-refractivity contribution in [1.29, 1.82) is 0 Å². The molecule has 0 saturated carbocycles. The maximum absolute atomic E-state index is 10.3. The first-order chi connectivity index (χ1) is 9.66. The van der Waals surface area contributed by atoms with Gasteiger partial charge in [0.15, 0.2) is 0 Å². The van der Waals surface area contributed by atoms with Crippen LogP contribution in [-0.4, -0.2) is 11.1 Å². The van der Waals surface area contributed by atoms with Crippen molar-refractivity contribution >= 4 is 5.97 Å². The van der Waals surface area contributed by atoms with Gasteiger partial charge in [-0.3, -0.25) is 4.79 Å². The molecule has 0 bridgehead atoms. The molecule has 20 heavy (non-hydrogen) atoms. The summed E-state index contributed by atoms with van der Waals surface area (Å²) in [5.41, 5.74) is 0. The van der Waals surface area contributed by atoms with Crippen LogP contribution in [0.5, 0.6) is 0 Å². The molecule has 0 aromatic heterocycles. The molecule has 0 aliphatic rings. The fraction of sp³-hybridized carbons (Fsp3) is 0.833. The summed E-state index contributed by atoms with van der Waals surface area (Å²) in [7, 11) is 0. The Kier molecular flexibility index (Phi) is 14.0. The van der Waals surface area contributed by atoms with E-state index < -0.39 is 5.97 Å². The lowest BCUT2D eigenvalue weighted by Gasteiger charge is -2.07. The molecule has 0 aliphatic carbocycles. The monoisotopic (exact) mass is 282 g/mol. The van der Waals surface area contributed by atoms with Crippen LogP contribution in [0.3, 0.4) is 0 Å². The van der Waals surface area contributed by atoms with Gasteiger partial charge >= 0.3 is 5.97 Å². The van der Waals surface area contributed by atoms with Gasteiger partial charge in [0.25, 0.3) is 0 Å². The zero-order chi connectivity index (χ0) is 15.1. The van der Waals surface area contributed by atoms with E-state index in [9.17, 15) is 4.79 Å². The van der Waals surface area contributed by atoms with E-state index >= 15 is 0 Å². The molecule has 1 unspecified atom stereocenters. The van der Waals surface area contributed by atoms with Crippen LogP contribution in [0.25, 0.3) is 0 Å². The van der Waals surface area contributed by atoms with Crippen LogP contribution < -0.4 is 0 Å². The van der Waals surface area contributed by atoms with Gasteiger partial charge in [0, 0.05) is 6.42 Å². The van der Waals surface area contributed by atoms with Crippen LogP contribution in [0.15, 0.2) is 12.2 Å². The smallest absolute Gasteiger partial charge is 0.303 e. The minimum Gasteiger partial charge on any atom is -0.481 e. The minimum absolute atomic E-state index is 0.257. The normalized spacial score (nSPS) is 12.9. The van der Waals surface area contributed by atoms with Gasteiger partial charge in [-0.15, -0.1) is 0 Å². The molecule has 0 heterocycles. The third kappa shape index (κ3) is 15.3. The molecule has 1 N–H and O–H groups in total. The summed E-state index contributed by atoms with van der Waals surface area (Å²) in [5.74, 6) is 0.200. The number of aliphatic carboxylic acids is 1. The highest BCUT2D eigenvalue weighted by atomic mass is 16.4. The van der Waals surface area contributed by atoms with Gasteiger partial charge in [0.1, 0.15) is 0 Å². The SMILES string of the molecule is CCC(C)CCCCCCCCCC=CCCC(=O)O. The van der Waals surface area contributed by atoms with Crippen molar-refractivity contribution in [3.8, 4) is 0 Å². The van der Waals surface area contributed by atoms with Gasteiger partial charge in [0.2, 0.25) is 0 Å². The van der Waals surface area contributed by atoms with Crippen LogP contribution >= 0.6 is 0 Å². The van der Waals surface area contributed by atoms with E-state index in [1.165, 1.54) is 57.8 Å². The zero-order valence-electron chi connectivity index (χ0n) is 13.6. The standard InChI is InChI=1S/C18H34O2/c1-3-17(2)15-13-11-9-7-5-4-6-8-10-12-14-16-18(19)20/h10,12,17H,3-9,11,13-16H2,1-2H3,(H,19,20). The number of rotatable bonds is 14. The van der Waals surface area contributed by atoms with Gasteiger partial charge in [-0.05, 0) is 25.2 Å². The molecule has 0 fully saturated rings. The Morgan fingerprint density at radius 2 is 1.50 bits per heavy atom. The van der Waals surface area contributed by atoms with Crippen molar-refractivity contribution in [1.82, 2.24) is 0 Å². The van der Waals surface area contributed by atoms with E-state index in [0.29, 0.717) is 6.42 Å². The van der Waals surface area contributed by atoms with Crippen LogP contribution in [0.1, 0.15) is 90.9 Å². The molecule has 0 spiro atoms. The molecule has 2 heteroatoms. The van der Waals surface area contributed by atoms with E-state index in [4.69, 9.17) is 5.11 Å². The van der Waals surface area contributed by atoms with Crippen molar-refractivity contribution in [3.63, 3.8) is 0 Å². The van der Waals surface area contributed by atoms with Crippen molar-refractivity contribution < 1.29 is 9.90 Å². The average molecular weight is 282 g/mol. The minimum atomic E-state index is -0.706. The molecule has 0 aromatic carbocycles. The van der Waals surface area contributed by atoms with Crippen LogP contribution in [0, 0.1) is 5.92 Å².